The first-order valence-electron chi connectivity index (χ1n) is 8.60. The van der Waals surface area contributed by atoms with Gasteiger partial charge >= 0.3 is 5.97 Å². The lowest BCUT2D eigenvalue weighted by atomic mass is 9.97. The molecule has 0 saturated carbocycles. The number of rotatable bonds is 5. The summed E-state index contributed by atoms with van der Waals surface area (Å²) in [6, 6.07) is 14.7. The number of fused-ring (bicyclic) bond motifs is 1. The van der Waals surface area contributed by atoms with Crippen LogP contribution >= 0.6 is 11.6 Å². The number of nitrogens with one attached hydrogen (secondary N) is 1. The van der Waals surface area contributed by atoms with Crippen LogP contribution in [0.25, 0.3) is 22.2 Å². The Morgan fingerprint density at radius 3 is 2.52 bits per heavy atom. The third kappa shape index (κ3) is 4.09. The number of aromatic nitrogens is 1. The van der Waals surface area contributed by atoms with Crippen LogP contribution < -0.4 is 5.32 Å². The monoisotopic (exact) mass is 382 g/mol. The number of benzene rings is 2. The van der Waals surface area contributed by atoms with E-state index in [1.807, 2.05) is 43.3 Å². The molecule has 0 aliphatic rings. The summed E-state index contributed by atoms with van der Waals surface area (Å²) in [5, 5.41) is 4.00. The zero-order chi connectivity index (χ0) is 19.4. The molecule has 0 spiro atoms. The van der Waals surface area contributed by atoms with E-state index in [-0.39, 0.29) is 19.1 Å². The summed E-state index contributed by atoms with van der Waals surface area (Å²) >= 11 is 5.98. The lowest BCUT2D eigenvalue weighted by Gasteiger charge is -2.14. The fourth-order valence-corrected chi connectivity index (χ4v) is 3.07. The number of hydrogen-bond donors (Lipinski definition) is 1. The Morgan fingerprint density at radius 2 is 1.81 bits per heavy atom. The molecule has 0 aliphatic carbocycles. The van der Waals surface area contributed by atoms with E-state index < -0.39 is 5.97 Å². The molecular formula is C21H19ClN2O3. The number of carbonyl (C=O) groups is 2. The van der Waals surface area contributed by atoms with Gasteiger partial charge in [-0.2, -0.15) is 0 Å². The highest BCUT2D eigenvalue weighted by atomic mass is 35.5. The van der Waals surface area contributed by atoms with Gasteiger partial charge in [0.05, 0.1) is 23.4 Å². The van der Waals surface area contributed by atoms with Crippen molar-refractivity contribution in [2.45, 2.75) is 13.8 Å². The maximum Gasteiger partial charge on any atom is 0.325 e. The third-order valence-corrected chi connectivity index (χ3v) is 4.43. The molecule has 0 aliphatic heterocycles. The average Bonchev–Trinajstić information content (AvgIpc) is 2.67. The molecule has 0 bridgehead atoms. The number of carbonyl (C=O) groups excluding carboxylic acids is 2. The predicted molar refractivity (Wildman–Crippen MR) is 106 cm³/mol. The van der Waals surface area contributed by atoms with Gasteiger partial charge in [-0.15, -0.1) is 0 Å². The van der Waals surface area contributed by atoms with Gasteiger partial charge in [0.1, 0.15) is 6.54 Å². The zero-order valence-corrected chi connectivity index (χ0v) is 15.8. The Bertz CT molecular complexity index is 1000. The van der Waals surface area contributed by atoms with E-state index >= 15 is 0 Å². The third-order valence-electron chi connectivity index (χ3n) is 4.18. The number of ether oxygens (including phenoxy) is 1. The van der Waals surface area contributed by atoms with Gasteiger partial charge in [-0.3, -0.25) is 9.59 Å². The van der Waals surface area contributed by atoms with Crippen LogP contribution in [0.3, 0.4) is 0 Å². The molecule has 6 heteroatoms. The minimum absolute atomic E-state index is 0.182. The Balaban J connectivity index is 2.07. The summed E-state index contributed by atoms with van der Waals surface area (Å²) in [6.45, 7) is 3.66. The van der Waals surface area contributed by atoms with Gasteiger partial charge in [0.25, 0.3) is 5.91 Å². The van der Waals surface area contributed by atoms with Crippen LogP contribution in [0, 0.1) is 6.92 Å². The Labute approximate surface area is 162 Å². The molecular weight excluding hydrogens is 364 g/mol. The number of hydrogen-bond acceptors (Lipinski definition) is 4. The molecule has 1 heterocycles. The predicted octanol–water partition coefficient (Wildman–Crippen LogP) is 4.16. The van der Waals surface area contributed by atoms with E-state index in [0.29, 0.717) is 21.8 Å². The molecule has 0 unspecified atom stereocenters. The maximum absolute atomic E-state index is 12.9. The molecule has 27 heavy (non-hydrogen) atoms. The van der Waals surface area contributed by atoms with Crippen LogP contribution in [0.1, 0.15) is 22.8 Å². The van der Waals surface area contributed by atoms with E-state index in [1.165, 1.54) is 0 Å². The molecule has 0 saturated heterocycles. The molecule has 2 aromatic carbocycles. The summed E-state index contributed by atoms with van der Waals surface area (Å²) in [6.07, 6.45) is 0. The number of esters is 1. The highest BCUT2D eigenvalue weighted by Crippen LogP contribution is 2.30. The second kappa shape index (κ2) is 8.18. The van der Waals surface area contributed by atoms with Crippen molar-refractivity contribution in [3.63, 3.8) is 0 Å². The minimum Gasteiger partial charge on any atom is -0.465 e. The van der Waals surface area contributed by atoms with Crippen LogP contribution in [-0.2, 0) is 9.53 Å². The van der Waals surface area contributed by atoms with Gasteiger partial charge in [0.2, 0.25) is 0 Å². The second-order valence-corrected chi connectivity index (χ2v) is 6.41. The first-order chi connectivity index (χ1) is 13.0. The van der Waals surface area contributed by atoms with Crippen LogP contribution in [0.5, 0.6) is 0 Å². The topological polar surface area (TPSA) is 68.3 Å². The van der Waals surface area contributed by atoms with Crippen LogP contribution in [-0.4, -0.2) is 30.0 Å². The van der Waals surface area contributed by atoms with Crippen molar-refractivity contribution in [2.75, 3.05) is 13.2 Å². The molecule has 3 rings (SSSR count). The second-order valence-electron chi connectivity index (χ2n) is 5.97. The molecule has 138 valence electrons. The first-order valence-corrected chi connectivity index (χ1v) is 8.98. The molecule has 3 aromatic rings. The van der Waals surface area contributed by atoms with Crippen molar-refractivity contribution in [1.82, 2.24) is 10.3 Å². The smallest absolute Gasteiger partial charge is 0.325 e. The van der Waals surface area contributed by atoms with Gasteiger partial charge in [-0.05, 0) is 37.6 Å². The van der Waals surface area contributed by atoms with Crippen molar-refractivity contribution < 1.29 is 14.3 Å². The fourth-order valence-electron chi connectivity index (χ4n) is 2.94. The number of para-hydroxylation sites is 1. The van der Waals surface area contributed by atoms with Gasteiger partial charge in [-0.25, -0.2) is 4.98 Å². The van der Waals surface area contributed by atoms with Gasteiger partial charge < -0.3 is 10.1 Å². The standard InChI is InChI=1S/C21H19ClN2O3/c1-3-27-18(25)12-23-21(26)19-13(2)20(14-8-10-15(22)11-9-14)24-17-7-5-4-6-16(17)19/h4-11H,3,12H2,1-2H3,(H,23,26). The first kappa shape index (κ1) is 18.9. The highest BCUT2D eigenvalue weighted by molar-refractivity contribution is 6.30. The van der Waals surface area contributed by atoms with E-state index in [1.54, 1.807) is 19.1 Å². The normalized spacial score (nSPS) is 10.6. The molecule has 1 aromatic heterocycles. The van der Waals surface area contributed by atoms with Gasteiger partial charge in [0, 0.05) is 16.0 Å². The largest absolute Gasteiger partial charge is 0.465 e. The van der Waals surface area contributed by atoms with Crippen molar-refractivity contribution in [3.8, 4) is 11.3 Å². The van der Waals surface area contributed by atoms with E-state index in [9.17, 15) is 9.59 Å². The van der Waals surface area contributed by atoms with Gasteiger partial charge in [0.15, 0.2) is 0 Å². The number of pyridine rings is 1. The maximum atomic E-state index is 12.9. The Morgan fingerprint density at radius 1 is 1.11 bits per heavy atom. The van der Waals surface area contributed by atoms with Crippen molar-refractivity contribution >= 4 is 34.4 Å². The van der Waals surface area contributed by atoms with Crippen molar-refractivity contribution in [3.05, 3.63) is 64.7 Å². The quantitative estimate of drug-likeness (QED) is 0.673. The van der Waals surface area contributed by atoms with Crippen molar-refractivity contribution in [1.29, 1.82) is 0 Å². The van der Waals surface area contributed by atoms with Crippen LogP contribution in [0.15, 0.2) is 48.5 Å². The van der Waals surface area contributed by atoms with E-state index in [0.717, 1.165) is 16.5 Å². The average molecular weight is 383 g/mol. The number of halogens is 1. The summed E-state index contributed by atoms with van der Waals surface area (Å²) in [5.41, 5.74) is 3.50. The molecule has 0 radical (unpaired) electrons. The SMILES string of the molecule is CCOC(=O)CNC(=O)c1c(C)c(-c2ccc(Cl)cc2)nc2ccccc12. The Hall–Kier alpha value is -2.92. The molecule has 0 fully saturated rings. The molecule has 1 N–H and O–H groups in total. The summed E-state index contributed by atoms with van der Waals surface area (Å²) in [5.74, 6) is -0.811. The molecule has 1 amide bonds. The van der Waals surface area contributed by atoms with Crippen LogP contribution in [0.4, 0.5) is 0 Å². The minimum atomic E-state index is -0.472. The molecule has 5 nitrogen and oxygen atoms in total. The molecule has 0 atom stereocenters. The fraction of sp³-hybridized carbons (Fsp3) is 0.190. The highest BCUT2D eigenvalue weighted by Gasteiger charge is 2.19. The van der Waals surface area contributed by atoms with E-state index in [4.69, 9.17) is 21.3 Å². The number of amides is 1. The summed E-state index contributed by atoms with van der Waals surface area (Å²) in [4.78, 5) is 29.2. The summed E-state index contributed by atoms with van der Waals surface area (Å²) in [7, 11) is 0. The van der Waals surface area contributed by atoms with Crippen LogP contribution in [0.2, 0.25) is 5.02 Å². The number of nitrogens with zero attached hydrogens (tertiary/aromatic N) is 1. The zero-order valence-electron chi connectivity index (χ0n) is 15.1. The Kier molecular flexibility index (Phi) is 5.72. The lowest BCUT2D eigenvalue weighted by molar-refractivity contribution is -0.141. The van der Waals surface area contributed by atoms with E-state index in [2.05, 4.69) is 5.32 Å². The lowest BCUT2D eigenvalue weighted by Crippen LogP contribution is -2.31. The van der Waals surface area contributed by atoms with Gasteiger partial charge in [-0.1, -0.05) is 41.9 Å². The van der Waals surface area contributed by atoms with Crippen molar-refractivity contribution in [2.24, 2.45) is 0 Å². The summed E-state index contributed by atoms with van der Waals surface area (Å²) < 4.78 is 4.87.